The fourth-order valence-electron chi connectivity index (χ4n) is 3.74. The molecule has 3 N–H and O–H groups in total. The number of furan rings is 1. The summed E-state index contributed by atoms with van der Waals surface area (Å²) in [5.41, 5.74) is 5.96. The third-order valence-electron chi connectivity index (χ3n) is 5.48. The molecule has 0 aliphatic carbocycles. The molecule has 10 heteroatoms. The highest BCUT2D eigenvalue weighted by molar-refractivity contribution is 6.11. The fraction of sp³-hybridized carbons (Fsp3) is 0.250. The maximum Gasteiger partial charge on any atom is 0.330 e. The van der Waals surface area contributed by atoms with Crippen LogP contribution < -0.4 is 21.9 Å². The number of aromatic nitrogens is 3. The van der Waals surface area contributed by atoms with Gasteiger partial charge in [-0.25, -0.2) is 4.79 Å². The van der Waals surface area contributed by atoms with Crippen LogP contribution in [-0.4, -0.2) is 20.6 Å². The van der Waals surface area contributed by atoms with Crippen LogP contribution in [-0.2, 0) is 13.1 Å². The topological polar surface area (TPSA) is 140 Å². The van der Waals surface area contributed by atoms with Gasteiger partial charge in [0.1, 0.15) is 28.6 Å². The van der Waals surface area contributed by atoms with E-state index in [0.29, 0.717) is 30.0 Å². The number of carbonyl (C=O) groups excluding carboxylic acids is 1. The highest BCUT2D eigenvalue weighted by Gasteiger charge is 2.31. The van der Waals surface area contributed by atoms with E-state index in [2.05, 4.69) is 10.1 Å². The molecule has 176 valence electrons. The average Bonchev–Trinajstić information content (AvgIpc) is 3.48. The van der Waals surface area contributed by atoms with Crippen LogP contribution in [0.5, 0.6) is 0 Å². The molecule has 0 bridgehead atoms. The van der Waals surface area contributed by atoms with E-state index in [4.69, 9.17) is 14.7 Å². The minimum absolute atomic E-state index is 0.0933. The molecule has 0 radical (unpaired) electrons. The minimum Gasteiger partial charge on any atom is -0.467 e. The number of carbonyl (C=O) groups is 1. The first kappa shape index (κ1) is 22.8. The van der Waals surface area contributed by atoms with Crippen LogP contribution in [0.2, 0.25) is 0 Å². The predicted molar refractivity (Wildman–Crippen MR) is 127 cm³/mol. The molecule has 0 aliphatic heterocycles. The molecule has 0 saturated carbocycles. The second kappa shape index (κ2) is 9.65. The molecule has 1 amide bonds. The van der Waals surface area contributed by atoms with E-state index in [1.807, 2.05) is 25.1 Å². The molecular weight excluding hydrogens is 438 g/mol. The summed E-state index contributed by atoms with van der Waals surface area (Å²) < 4.78 is 12.1. The number of hydrogen-bond acceptors (Lipinski definition) is 7. The maximum absolute atomic E-state index is 14.0. The minimum atomic E-state index is -0.773. The van der Waals surface area contributed by atoms with Crippen molar-refractivity contribution in [2.45, 2.75) is 39.8 Å². The SMILES string of the molecule is CCCCn1c(N)c(N(Cc2ccco2)C(=O)c2c(-c3ccccc3)noc2C)c(=O)[nH]c1=O. The van der Waals surface area contributed by atoms with Gasteiger partial charge in [0.15, 0.2) is 5.69 Å². The van der Waals surface area contributed by atoms with Gasteiger partial charge < -0.3 is 14.7 Å². The fourth-order valence-corrected chi connectivity index (χ4v) is 3.74. The molecule has 3 heterocycles. The zero-order chi connectivity index (χ0) is 24.2. The van der Waals surface area contributed by atoms with Crippen molar-refractivity contribution >= 4 is 17.4 Å². The second-order valence-electron chi connectivity index (χ2n) is 7.80. The number of hydrogen-bond donors (Lipinski definition) is 2. The van der Waals surface area contributed by atoms with E-state index in [1.54, 1.807) is 31.2 Å². The molecule has 34 heavy (non-hydrogen) atoms. The van der Waals surface area contributed by atoms with E-state index in [1.165, 1.54) is 15.7 Å². The van der Waals surface area contributed by atoms with Crippen LogP contribution in [0.15, 0.2) is 67.3 Å². The van der Waals surface area contributed by atoms with Gasteiger partial charge in [-0.15, -0.1) is 0 Å². The van der Waals surface area contributed by atoms with Crippen molar-refractivity contribution in [3.63, 3.8) is 0 Å². The van der Waals surface area contributed by atoms with E-state index in [-0.39, 0.29) is 29.4 Å². The van der Waals surface area contributed by atoms with Gasteiger partial charge in [-0.1, -0.05) is 48.8 Å². The van der Waals surface area contributed by atoms with Gasteiger partial charge >= 0.3 is 5.69 Å². The van der Waals surface area contributed by atoms with Crippen LogP contribution in [0.25, 0.3) is 11.3 Å². The van der Waals surface area contributed by atoms with Crippen LogP contribution in [0, 0.1) is 6.92 Å². The van der Waals surface area contributed by atoms with E-state index in [9.17, 15) is 14.4 Å². The Bertz CT molecular complexity index is 1400. The summed E-state index contributed by atoms with van der Waals surface area (Å²) in [4.78, 5) is 42.8. The zero-order valence-corrected chi connectivity index (χ0v) is 18.9. The average molecular weight is 463 g/mol. The Morgan fingerprint density at radius 3 is 2.62 bits per heavy atom. The van der Waals surface area contributed by atoms with Crippen molar-refractivity contribution in [2.24, 2.45) is 0 Å². The molecule has 0 spiro atoms. The Morgan fingerprint density at radius 2 is 1.94 bits per heavy atom. The number of nitrogens with one attached hydrogen (secondary N) is 1. The molecule has 10 nitrogen and oxygen atoms in total. The second-order valence-corrected chi connectivity index (χ2v) is 7.80. The number of aromatic amines is 1. The summed E-state index contributed by atoms with van der Waals surface area (Å²) in [6.45, 7) is 3.80. The highest BCUT2D eigenvalue weighted by atomic mass is 16.5. The highest BCUT2D eigenvalue weighted by Crippen LogP contribution is 2.29. The Kier molecular flexibility index (Phi) is 6.48. The first-order valence-electron chi connectivity index (χ1n) is 10.9. The standard InChI is InChI=1S/C24H25N5O5/c1-3-4-12-28-21(25)20(22(30)26-24(28)32)29(14-17-11-8-13-33-17)23(31)18-15(2)34-27-19(18)16-9-6-5-7-10-16/h5-11,13H,3-4,12,14,25H2,1-2H3,(H,26,30,32). The lowest BCUT2D eigenvalue weighted by Crippen LogP contribution is -2.41. The van der Waals surface area contributed by atoms with Crippen LogP contribution in [0.3, 0.4) is 0 Å². The van der Waals surface area contributed by atoms with Crippen molar-refractivity contribution in [3.05, 3.63) is 86.6 Å². The van der Waals surface area contributed by atoms with Crippen molar-refractivity contribution in [1.29, 1.82) is 0 Å². The summed E-state index contributed by atoms with van der Waals surface area (Å²) in [5.74, 6) is 0.0424. The number of nitrogen functional groups attached to an aromatic ring is 1. The molecule has 0 fully saturated rings. The Labute approximate surface area is 194 Å². The van der Waals surface area contributed by atoms with E-state index in [0.717, 1.165) is 6.42 Å². The molecule has 4 aromatic rings. The van der Waals surface area contributed by atoms with Crippen LogP contribution >= 0.6 is 0 Å². The summed E-state index contributed by atoms with van der Waals surface area (Å²) in [6.07, 6.45) is 2.95. The molecule has 0 unspecified atom stereocenters. The van der Waals surface area contributed by atoms with Gasteiger partial charge in [0, 0.05) is 12.1 Å². The Balaban J connectivity index is 1.89. The van der Waals surface area contributed by atoms with Crippen LogP contribution in [0.1, 0.15) is 41.6 Å². The van der Waals surface area contributed by atoms with Gasteiger partial charge in [-0.3, -0.25) is 24.0 Å². The number of rotatable bonds is 8. The number of nitrogens with zero attached hydrogens (tertiary/aromatic N) is 3. The monoisotopic (exact) mass is 463 g/mol. The lowest BCUT2D eigenvalue weighted by atomic mass is 10.0. The normalized spacial score (nSPS) is 11.0. The predicted octanol–water partition coefficient (Wildman–Crippen LogP) is 3.32. The lowest BCUT2D eigenvalue weighted by molar-refractivity contribution is 0.0982. The first-order valence-corrected chi connectivity index (χ1v) is 10.9. The number of unbranched alkanes of at least 4 members (excludes halogenated alkanes) is 1. The van der Waals surface area contributed by atoms with Gasteiger partial charge in [0.05, 0.1) is 12.8 Å². The van der Waals surface area contributed by atoms with Crippen molar-refractivity contribution in [1.82, 2.24) is 14.7 Å². The van der Waals surface area contributed by atoms with Gasteiger partial charge in [0.2, 0.25) is 0 Å². The maximum atomic E-state index is 14.0. The lowest BCUT2D eigenvalue weighted by Gasteiger charge is -2.24. The van der Waals surface area contributed by atoms with Gasteiger partial charge in [-0.2, -0.15) is 0 Å². The molecule has 4 rings (SSSR count). The number of anilines is 2. The van der Waals surface area contributed by atoms with E-state index < -0.39 is 17.2 Å². The zero-order valence-electron chi connectivity index (χ0n) is 18.9. The van der Waals surface area contributed by atoms with Gasteiger partial charge in [-0.05, 0) is 25.5 Å². The molecule has 1 aromatic carbocycles. The molecule has 0 atom stereocenters. The molecule has 3 aromatic heterocycles. The van der Waals surface area contributed by atoms with Crippen LogP contribution in [0.4, 0.5) is 11.5 Å². The van der Waals surface area contributed by atoms with Gasteiger partial charge in [0.25, 0.3) is 11.5 Å². The smallest absolute Gasteiger partial charge is 0.330 e. The molecule has 0 aliphatic rings. The Hall–Kier alpha value is -4.34. The largest absolute Gasteiger partial charge is 0.467 e. The number of aryl methyl sites for hydroxylation is 1. The van der Waals surface area contributed by atoms with Crippen molar-refractivity contribution < 1.29 is 13.7 Å². The number of amides is 1. The van der Waals surface area contributed by atoms with Crippen molar-refractivity contribution in [3.8, 4) is 11.3 Å². The summed E-state index contributed by atoms with van der Waals surface area (Å²) in [5, 5.41) is 4.08. The third-order valence-corrected chi connectivity index (χ3v) is 5.48. The number of nitrogens with two attached hydrogens (primary N) is 1. The summed E-state index contributed by atoms with van der Waals surface area (Å²) in [6, 6.07) is 12.4. The quantitative estimate of drug-likeness (QED) is 0.408. The van der Waals surface area contributed by atoms with Crippen molar-refractivity contribution in [2.75, 3.05) is 10.6 Å². The third kappa shape index (κ3) is 4.29. The first-order chi connectivity index (χ1) is 16.4. The van der Waals surface area contributed by atoms with E-state index >= 15 is 0 Å². The Morgan fingerprint density at radius 1 is 1.18 bits per heavy atom. The number of benzene rings is 1. The number of H-pyrrole nitrogens is 1. The molecular formula is C24H25N5O5. The molecule has 0 saturated heterocycles. The summed E-state index contributed by atoms with van der Waals surface area (Å²) >= 11 is 0. The summed E-state index contributed by atoms with van der Waals surface area (Å²) in [7, 11) is 0.